The van der Waals surface area contributed by atoms with E-state index in [1.165, 1.54) is 38.6 Å². The summed E-state index contributed by atoms with van der Waals surface area (Å²) in [6.45, 7) is 29.4. The van der Waals surface area contributed by atoms with E-state index < -0.39 is 0 Å². The smallest absolute Gasteiger partial charge is 1.00 e. The second-order valence-electron chi connectivity index (χ2n) is 11.9. The normalized spacial score (nSPS) is 17.3. The average Bonchev–Trinajstić information content (AvgIpc) is 2.73. The van der Waals surface area contributed by atoms with Crippen molar-refractivity contribution in [2.24, 2.45) is 17.8 Å². The summed E-state index contributed by atoms with van der Waals surface area (Å²) < 4.78 is -0.0409. The Bertz CT molecular complexity index is 841. The third-order valence-corrected chi connectivity index (χ3v) is 8.47. The SMILES string of the molecule is CC(C)c1cc(C(C)C)c(S)c(C(C)C)c1.CCC1(S)C(C(C)C)=CC(C(C)C)=C[C-]1C(C)C.[Cl-].[Cl-].[Pd+2]. The van der Waals surface area contributed by atoms with Crippen molar-refractivity contribution in [3.8, 4) is 0 Å². The van der Waals surface area contributed by atoms with Crippen LogP contribution >= 0.6 is 25.3 Å². The van der Waals surface area contributed by atoms with E-state index in [0.717, 1.165) is 6.42 Å². The Kier molecular flexibility index (Phi) is 20.5. The molecule has 0 amide bonds. The molecule has 1 unspecified atom stereocenters. The van der Waals surface area contributed by atoms with Crippen LogP contribution in [0.4, 0.5) is 0 Å². The molecule has 1 aliphatic carbocycles. The van der Waals surface area contributed by atoms with Crippen molar-refractivity contribution >= 4 is 25.3 Å². The number of hydrogen-bond acceptors (Lipinski definition) is 2. The molecule has 0 fully saturated rings. The molecule has 37 heavy (non-hydrogen) atoms. The van der Waals surface area contributed by atoms with Gasteiger partial charge in [0.25, 0.3) is 0 Å². The molecule has 0 N–H and O–H groups in total. The van der Waals surface area contributed by atoms with Gasteiger partial charge in [0.15, 0.2) is 0 Å². The summed E-state index contributed by atoms with van der Waals surface area (Å²) in [5.74, 6) is 4.86. The predicted octanol–water partition coefficient (Wildman–Crippen LogP) is 4.82. The van der Waals surface area contributed by atoms with Crippen LogP contribution in [-0.2, 0) is 20.4 Å². The molecule has 0 saturated heterocycles. The number of hydrogen-bond donors (Lipinski definition) is 2. The third-order valence-electron chi connectivity index (χ3n) is 7.12. The molecule has 1 atom stereocenters. The van der Waals surface area contributed by atoms with Gasteiger partial charge < -0.3 is 24.8 Å². The molecule has 0 radical (unpaired) electrons. The minimum absolute atomic E-state index is 0. The van der Waals surface area contributed by atoms with Gasteiger partial charge in [0.1, 0.15) is 0 Å². The van der Waals surface area contributed by atoms with Crippen molar-refractivity contribution in [3.63, 3.8) is 0 Å². The Morgan fingerprint density at radius 1 is 0.730 bits per heavy atom. The molecule has 1 aromatic carbocycles. The molecule has 0 nitrogen and oxygen atoms in total. The van der Waals surface area contributed by atoms with Gasteiger partial charge in [0.05, 0.1) is 0 Å². The van der Waals surface area contributed by atoms with E-state index in [0.29, 0.717) is 35.5 Å². The van der Waals surface area contributed by atoms with E-state index in [4.69, 9.17) is 25.3 Å². The molecule has 1 aliphatic rings. The first-order chi connectivity index (χ1) is 15.6. The van der Waals surface area contributed by atoms with E-state index in [2.05, 4.69) is 114 Å². The van der Waals surface area contributed by atoms with Gasteiger partial charge in [0, 0.05) is 4.90 Å². The number of allylic oxidation sites excluding steroid dienone is 3. The first kappa shape index (κ1) is 42.0. The fourth-order valence-corrected chi connectivity index (χ4v) is 6.04. The fourth-order valence-electron chi connectivity index (χ4n) is 4.75. The van der Waals surface area contributed by atoms with E-state index in [1.807, 2.05) is 0 Å². The maximum Gasteiger partial charge on any atom is 2.00 e. The second-order valence-corrected chi connectivity index (χ2v) is 13.1. The number of benzene rings is 1. The minimum atomic E-state index is -0.0409. The summed E-state index contributed by atoms with van der Waals surface area (Å²) >= 11 is 9.78. The van der Waals surface area contributed by atoms with Crippen LogP contribution in [0.2, 0.25) is 0 Å². The average molecular weight is 679 g/mol. The summed E-state index contributed by atoms with van der Waals surface area (Å²) in [7, 11) is 0. The summed E-state index contributed by atoms with van der Waals surface area (Å²) in [6, 6.07) is 4.65. The quantitative estimate of drug-likeness (QED) is 0.231. The first-order valence-electron chi connectivity index (χ1n) is 13.5. The molecule has 5 heteroatoms. The van der Waals surface area contributed by atoms with Gasteiger partial charge in [-0.1, -0.05) is 120 Å². The van der Waals surface area contributed by atoms with Crippen molar-refractivity contribution in [1.82, 2.24) is 0 Å². The molecule has 0 bridgehead atoms. The molecule has 218 valence electrons. The van der Waals surface area contributed by atoms with Crippen LogP contribution in [0.15, 0.2) is 40.3 Å². The van der Waals surface area contributed by atoms with Gasteiger partial charge in [-0.3, -0.25) is 0 Å². The molecular weight excluding hydrogens is 626 g/mol. The maximum absolute atomic E-state index is 5.08. The Morgan fingerprint density at radius 3 is 1.43 bits per heavy atom. The standard InChI is InChI=1S/C17H29S.C15H24S.2ClH.Pd/c1-8-17(18)15(12(4)5)9-14(11(2)3)10-16(17)13(6)7;1-9(2)12-7-13(10(3)4)15(16)14(8-12)11(5)6;;;/h9-13,18H,8H2,1-7H3;7-11,16H,1-6H3;2*1H;/q-1;;;;+2/p-2. The molecule has 0 heterocycles. The summed E-state index contributed by atoms with van der Waals surface area (Å²) in [6.07, 6.45) is 5.87. The molecule has 2 rings (SSSR count). The molecule has 1 aromatic rings. The predicted molar refractivity (Wildman–Crippen MR) is 162 cm³/mol. The van der Waals surface area contributed by atoms with Gasteiger partial charge in [0.2, 0.25) is 0 Å². The Labute approximate surface area is 268 Å². The number of halogens is 2. The minimum Gasteiger partial charge on any atom is -1.00 e. The monoisotopic (exact) mass is 677 g/mol. The van der Waals surface area contributed by atoms with Crippen molar-refractivity contribution in [1.29, 1.82) is 0 Å². The van der Waals surface area contributed by atoms with Crippen molar-refractivity contribution < 1.29 is 45.2 Å². The third kappa shape index (κ3) is 10.8. The summed E-state index contributed by atoms with van der Waals surface area (Å²) in [5, 5.41) is 0. The number of thiol groups is 2. The van der Waals surface area contributed by atoms with Gasteiger partial charge in [-0.2, -0.15) is 24.1 Å². The van der Waals surface area contributed by atoms with E-state index in [-0.39, 0.29) is 50.0 Å². The Morgan fingerprint density at radius 2 is 1.16 bits per heavy atom. The molecule has 0 spiro atoms. The van der Waals surface area contributed by atoms with Crippen molar-refractivity contribution in [2.45, 2.75) is 124 Å². The molecule has 0 aromatic heterocycles. The van der Waals surface area contributed by atoms with E-state index >= 15 is 0 Å². The largest absolute Gasteiger partial charge is 2.00 e. The van der Waals surface area contributed by atoms with Crippen LogP contribution in [0.25, 0.3) is 0 Å². The van der Waals surface area contributed by atoms with Gasteiger partial charge in [-0.15, -0.1) is 18.7 Å². The maximum atomic E-state index is 5.08. The van der Waals surface area contributed by atoms with Crippen LogP contribution in [-0.4, -0.2) is 4.75 Å². The summed E-state index contributed by atoms with van der Waals surface area (Å²) in [5.41, 5.74) is 7.16. The zero-order chi connectivity index (χ0) is 26.5. The first-order valence-corrected chi connectivity index (χ1v) is 14.4. The van der Waals surface area contributed by atoms with Crippen LogP contribution in [0, 0.1) is 23.7 Å². The van der Waals surface area contributed by atoms with Crippen LogP contribution in [0.1, 0.15) is 131 Å². The molecular formula is C32H53Cl2PdS2-. The van der Waals surface area contributed by atoms with Gasteiger partial charge in [-0.25, -0.2) is 6.08 Å². The van der Waals surface area contributed by atoms with E-state index in [1.54, 1.807) is 0 Å². The molecule has 0 aliphatic heterocycles. The second kappa shape index (κ2) is 18.0. The van der Waals surface area contributed by atoms with Gasteiger partial charge >= 0.3 is 20.4 Å². The summed E-state index contributed by atoms with van der Waals surface area (Å²) in [4.78, 5) is 1.19. The van der Waals surface area contributed by atoms with Crippen molar-refractivity contribution in [2.75, 3.05) is 0 Å². The van der Waals surface area contributed by atoms with Crippen LogP contribution < -0.4 is 24.8 Å². The Balaban J connectivity index is -0.000000581. The van der Waals surface area contributed by atoms with Crippen molar-refractivity contribution in [3.05, 3.63) is 58.0 Å². The van der Waals surface area contributed by atoms with E-state index in [9.17, 15) is 0 Å². The number of rotatable bonds is 7. The zero-order valence-electron chi connectivity index (χ0n) is 25.4. The zero-order valence-corrected chi connectivity index (χ0v) is 30.3. The Hall–Kier alpha value is 0.512. The van der Waals surface area contributed by atoms with Gasteiger partial charge in [-0.05, 0) is 51.5 Å². The fraction of sp³-hybridized carbons (Fsp3) is 0.656. The van der Waals surface area contributed by atoms with Crippen LogP contribution in [0.5, 0.6) is 0 Å². The topological polar surface area (TPSA) is 0 Å². The molecule has 0 saturated carbocycles. The van der Waals surface area contributed by atoms with Crippen LogP contribution in [0.3, 0.4) is 0 Å².